The van der Waals surface area contributed by atoms with E-state index in [1.165, 1.54) is 29.5 Å². The highest BCUT2D eigenvalue weighted by molar-refractivity contribution is 5.80. The number of ether oxygens (including phenoxy) is 1. The monoisotopic (exact) mass is 315 g/mol. The number of benzene rings is 1. The molecule has 2 bridgehead atoms. The Balaban J connectivity index is 1.56. The SMILES string of the molecule is CCNC(=NCCc1cc(C)cc(C)c1)NC1CC2CCC1O2. The smallest absolute Gasteiger partial charge is 0.191 e. The number of nitrogens with zero attached hydrogens (tertiary/aromatic N) is 1. The summed E-state index contributed by atoms with van der Waals surface area (Å²) in [4.78, 5) is 4.75. The maximum absolute atomic E-state index is 5.92. The van der Waals surface area contributed by atoms with Crippen LogP contribution < -0.4 is 10.6 Å². The van der Waals surface area contributed by atoms with Crippen molar-refractivity contribution in [1.82, 2.24) is 10.6 Å². The number of hydrogen-bond donors (Lipinski definition) is 2. The third-order valence-electron chi connectivity index (χ3n) is 4.72. The van der Waals surface area contributed by atoms with E-state index in [9.17, 15) is 0 Å². The first-order chi connectivity index (χ1) is 11.1. The molecule has 0 aromatic heterocycles. The Morgan fingerprint density at radius 3 is 2.61 bits per heavy atom. The van der Waals surface area contributed by atoms with Gasteiger partial charge in [-0.25, -0.2) is 0 Å². The highest BCUT2D eigenvalue weighted by Crippen LogP contribution is 2.34. The van der Waals surface area contributed by atoms with Gasteiger partial charge < -0.3 is 15.4 Å². The van der Waals surface area contributed by atoms with E-state index < -0.39 is 0 Å². The van der Waals surface area contributed by atoms with E-state index >= 15 is 0 Å². The van der Waals surface area contributed by atoms with Crippen LogP contribution in [0.4, 0.5) is 0 Å². The van der Waals surface area contributed by atoms with E-state index in [2.05, 4.69) is 49.6 Å². The number of hydrogen-bond acceptors (Lipinski definition) is 2. The zero-order chi connectivity index (χ0) is 16.2. The molecule has 4 heteroatoms. The van der Waals surface area contributed by atoms with Crippen LogP contribution in [0.25, 0.3) is 0 Å². The predicted molar refractivity (Wildman–Crippen MR) is 95.0 cm³/mol. The molecule has 0 radical (unpaired) electrons. The van der Waals surface area contributed by atoms with Crippen LogP contribution in [0, 0.1) is 13.8 Å². The van der Waals surface area contributed by atoms with Crippen molar-refractivity contribution in [2.75, 3.05) is 13.1 Å². The summed E-state index contributed by atoms with van der Waals surface area (Å²) >= 11 is 0. The Morgan fingerprint density at radius 2 is 2.00 bits per heavy atom. The van der Waals surface area contributed by atoms with Gasteiger partial charge >= 0.3 is 0 Å². The molecule has 3 rings (SSSR count). The molecule has 0 saturated carbocycles. The summed E-state index contributed by atoms with van der Waals surface area (Å²) in [6.45, 7) is 8.11. The molecule has 126 valence electrons. The van der Waals surface area contributed by atoms with E-state index in [1.807, 2.05) is 0 Å². The van der Waals surface area contributed by atoms with Crippen molar-refractivity contribution >= 4 is 5.96 Å². The minimum Gasteiger partial charge on any atom is -0.373 e. The molecular weight excluding hydrogens is 286 g/mol. The van der Waals surface area contributed by atoms with Crippen LogP contribution in [-0.2, 0) is 11.2 Å². The van der Waals surface area contributed by atoms with E-state index in [1.54, 1.807) is 0 Å². The van der Waals surface area contributed by atoms with Gasteiger partial charge in [0.25, 0.3) is 0 Å². The van der Waals surface area contributed by atoms with Crippen LogP contribution in [0.2, 0.25) is 0 Å². The van der Waals surface area contributed by atoms with E-state index in [0.717, 1.165) is 31.9 Å². The summed E-state index contributed by atoms with van der Waals surface area (Å²) in [6, 6.07) is 7.15. The molecule has 1 aromatic rings. The van der Waals surface area contributed by atoms with Crippen molar-refractivity contribution in [2.45, 2.75) is 64.7 Å². The summed E-state index contributed by atoms with van der Waals surface area (Å²) < 4.78 is 5.92. The summed E-state index contributed by atoms with van der Waals surface area (Å²) in [5.74, 6) is 0.929. The zero-order valence-electron chi connectivity index (χ0n) is 14.6. The van der Waals surface area contributed by atoms with Crippen LogP contribution in [0.15, 0.2) is 23.2 Å². The Bertz CT molecular complexity index is 549. The Hall–Kier alpha value is -1.55. The van der Waals surface area contributed by atoms with Crippen molar-refractivity contribution in [2.24, 2.45) is 4.99 Å². The summed E-state index contributed by atoms with van der Waals surface area (Å²) in [7, 11) is 0. The second-order valence-corrected chi connectivity index (χ2v) is 6.87. The topological polar surface area (TPSA) is 45.7 Å². The van der Waals surface area contributed by atoms with E-state index in [0.29, 0.717) is 18.2 Å². The fourth-order valence-corrected chi connectivity index (χ4v) is 3.80. The highest BCUT2D eigenvalue weighted by Gasteiger charge is 2.41. The van der Waals surface area contributed by atoms with Gasteiger partial charge in [0.05, 0.1) is 18.2 Å². The van der Waals surface area contributed by atoms with Crippen LogP contribution in [0.3, 0.4) is 0 Å². The van der Waals surface area contributed by atoms with Gasteiger partial charge in [0.2, 0.25) is 0 Å². The Morgan fingerprint density at radius 1 is 1.22 bits per heavy atom. The summed E-state index contributed by atoms with van der Waals surface area (Å²) in [5.41, 5.74) is 4.02. The molecule has 2 fully saturated rings. The quantitative estimate of drug-likeness (QED) is 0.649. The molecule has 2 aliphatic rings. The second kappa shape index (κ2) is 7.35. The third-order valence-corrected chi connectivity index (χ3v) is 4.72. The number of nitrogens with one attached hydrogen (secondary N) is 2. The molecule has 2 N–H and O–H groups in total. The third kappa shape index (κ3) is 4.25. The molecule has 23 heavy (non-hydrogen) atoms. The van der Waals surface area contributed by atoms with Crippen LogP contribution in [0.5, 0.6) is 0 Å². The van der Waals surface area contributed by atoms with Gasteiger partial charge in [0.15, 0.2) is 5.96 Å². The number of aryl methyl sites for hydroxylation is 2. The number of guanidine groups is 1. The molecule has 0 aliphatic carbocycles. The highest BCUT2D eigenvalue weighted by atomic mass is 16.5. The standard InChI is InChI=1S/C19H29N3O/c1-4-20-19(22-17-12-16-5-6-18(17)23-16)21-8-7-15-10-13(2)9-14(3)11-15/h9-11,16-18H,4-8,12H2,1-3H3,(H2,20,21,22). The number of rotatable bonds is 5. The molecular formula is C19H29N3O. The summed E-state index contributed by atoms with van der Waals surface area (Å²) in [6.07, 6.45) is 5.35. The minimum absolute atomic E-state index is 0.378. The van der Waals surface area contributed by atoms with Gasteiger partial charge in [0.1, 0.15) is 0 Å². The maximum atomic E-state index is 5.92. The molecule has 0 spiro atoms. The zero-order valence-corrected chi connectivity index (χ0v) is 14.6. The fraction of sp³-hybridized carbons (Fsp3) is 0.632. The van der Waals surface area contributed by atoms with E-state index in [-0.39, 0.29) is 0 Å². The average Bonchev–Trinajstić information content (AvgIpc) is 3.09. The summed E-state index contributed by atoms with van der Waals surface area (Å²) in [5, 5.41) is 6.93. The van der Waals surface area contributed by atoms with Crippen LogP contribution in [-0.4, -0.2) is 37.3 Å². The molecule has 4 nitrogen and oxygen atoms in total. The van der Waals surface area contributed by atoms with Crippen molar-refractivity contribution in [3.8, 4) is 0 Å². The van der Waals surface area contributed by atoms with Crippen LogP contribution >= 0.6 is 0 Å². The first-order valence-electron chi connectivity index (χ1n) is 8.91. The molecule has 3 unspecified atom stereocenters. The average molecular weight is 315 g/mol. The van der Waals surface area contributed by atoms with Crippen molar-refractivity contribution in [3.63, 3.8) is 0 Å². The van der Waals surface area contributed by atoms with Gasteiger partial charge in [-0.15, -0.1) is 0 Å². The van der Waals surface area contributed by atoms with Gasteiger partial charge in [-0.1, -0.05) is 29.3 Å². The maximum Gasteiger partial charge on any atom is 0.191 e. The first kappa shape index (κ1) is 16.3. The predicted octanol–water partition coefficient (Wildman–Crippen LogP) is 2.72. The normalized spacial score (nSPS) is 26.6. The molecule has 2 heterocycles. The fourth-order valence-electron chi connectivity index (χ4n) is 3.80. The molecule has 1 aromatic carbocycles. The van der Waals surface area contributed by atoms with Crippen molar-refractivity contribution in [1.29, 1.82) is 0 Å². The van der Waals surface area contributed by atoms with Crippen LogP contribution in [0.1, 0.15) is 42.9 Å². The first-order valence-corrected chi connectivity index (χ1v) is 8.91. The van der Waals surface area contributed by atoms with Gasteiger partial charge in [-0.2, -0.15) is 0 Å². The van der Waals surface area contributed by atoms with Crippen molar-refractivity contribution < 1.29 is 4.74 Å². The van der Waals surface area contributed by atoms with Gasteiger partial charge in [-0.05, 0) is 52.0 Å². The van der Waals surface area contributed by atoms with Crippen molar-refractivity contribution in [3.05, 3.63) is 34.9 Å². The Kier molecular flexibility index (Phi) is 5.21. The lowest BCUT2D eigenvalue weighted by Crippen LogP contribution is -2.47. The number of aliphatic imine (C=N–C) groups is 1. The lowest BCUT2D eigenvalue weighted by Gasteiger charge is -2.22. The largest absolute Gasteiger partial charge is 0.373 e. The lowest BCUT2D eigenvalue weighted by atomic mass is 9.96. The molecule has 0 amide bonds. The number of fused-ring (bicyclic) bond motifs is 2. The molecule has 3 atom stereocenters. The van der Waals surface area contributed by atoms with Gasteiger partial charge in [-0.3, -0.25) is 4.99 Å². The lowest BCUT2D eigenvalue weighted by molar-refractivity contribution is 0.0992. The Labute approximate surface area is 139 Å². The second-order valence-electron chi connectivity index (χ2n) is 6.87. The molecule has 2 saturated heterocycles. The van der Waals surface area contributed by atoms with E-state index in [4.69, 9.17) is 9.73 Å². The molecule has 2 aliphatic heterocycles. The minimum atomic E-state index is 0.378. The van der Waals surface area contributed by atoms with Gasteiger partial charge in [0, 0.05) is 13.1 Å².